The summed E-state index contributed by atoms with van der Waals surface area (Å²) in [7, 11) is 0. The largest absolute Gasteiger partial charge is 0.383 e. The van der Waals surface area contributed by atoms with Crippen LogP contribution in [-0.2, 0) is 11.3 Å². The van der Waals surface area contributed by atoms with Crippen molar-refractivity contribution in [2.45, 2.75) is 6.54 Å². The molecule has 2 N–H and O–H groups in total. The van der Waals surface area contributed by atoms with Crippen molar-refractivity contribution in [1.29, 1.82) is 0 Å². The average Bonchev–Trinajstić information content (AvgIpc) is 3.09. The second-order valence-electron chi connectivity index (χ2n) is 6.73. The zero-order chi connectivity index (χ0) is 19.5. The van der Waals surface area contributed by atoms with Crippen molar-refractivity contribution in [2.24, 2.45) is 0 Å². The number of amides is 1. The maximum atomic E-state index is 12.6. The van der Waals surface area contributed by atoms with Crippen LogP contribution in [0.1, 0.15) is 10.4 Å². The van der Waals surface area contributed by atoms with E-state index in [0.29, 0.717) is 18.9 Å². The van der Waals surface area contributed by atoms with Gasteiger partial charge in [-0.25, -0.2) is 9.97 Å². The number of nitrogens with zero attached hydrogens (tertiary/aromatic N) is 4. The van der Waals surface area contributed by atoms with Crippen molar-refractivity contribution < 1.29 is 4.79 Å². The number of nitrogens with two attached hydrogens (primary N) is 1. The maximum absolute atomic E-state index is 12.6. The van der Waals surface area contributed by atoms with Crippen molar-refractivity contribution in [3.63, 3.8) is 0 Å². The van der Waals surface area contributed by atoms with Gasteiger partial charge >= 0.3 is 0 Å². The van der Waals surface area contributed by atoms with E-state index in [4.69, 9.17) is 5.73 Å². The Kier molecular flexibility index (Phi) is 5.70. The van der Waals surface area contributed by atoms with E-state index in [1.54, 1.807) is 11.3 Å². The summed E-state index contributed by atoms with van der Waals surface area (Å²) >= 11 is 5.16. The molecular weight excluding hydrogens is 438 g/mol. The minimum absolute atomic E-state index is 0.154. The molecule has 0 atom stereocenters. The molecule has 144 valence electrons. The van der Waals surface area contributed by atoms with Crippen molar-refractivity contribution in [2.75, 3.05) is 31.9 Å². The van der Waals surface area contributed by atoms with Crippen LogP contribution in [0, 0.1) is 0 Å². The number of fused-ring (bicyclic) bond motifs is 1. The van der Waals surface area contributed by atoms with Gasteiger partial charge in [-0.15, -0.1) is 11.3 Å². The molecule has 0 radical (unpaired) electrons. The third kappa shape index (κ3) is 4.40. The van der Waals surface area contributed by atoms with Crippen LogP contribution in [0.2, 0.25) is 0 Å². The van der Waals surface area contributed by atoms with E-state index < -0.39 is 0 Å². The van der Waals surface area contributed by atoms with Gasteiger partial charge in [0, 0.05) is 46.3 Å². The van der Waals surface area contributed by atoms with E-state index in [0.717, 1.165) is 40.6 Å². The molecule has 1 aliphatic rings. The van der Waals surface area contributed by atoms with Crippen molar-refractivity contribution in [3.8, 4) is 0 Å². The lowest BCUT2D eigenvalue weighted by Gasteiger charge is -2.33. The lowest BCUT2D eigenvalue weighted by Crippen LogP contribution is -2.49. The Morgan fingerprint density at radius 2 is 2.14 bits per heavy atom. The number of hydrogen-bond acceptors (Lipinski definition) is 6. The fraction of sp³-hybridized carbons (Fsp3) is 0.250. The molecule has 0 bridgehead atoms. The van der Waals surface area contributed by atoms with Gasteiger partial charge in [0.2, 0.25) is 5.91 Å². The molecule has 1 fully saturated rings. The Balaban J connectivity index is 1.34. The topological polar surface area (TPSA) is 75.3 Å². The maximum Gasteiger partial charge on any atom is 0.237 e. The summed E-state index contributed by atoms with van der Waals surface area (Å²) < 4.78 is 1.10. The smallest absolute Gasteiger partial charge is 0.237 e. The standard InChI is InChI=1S/C20H20BrN5OS/c21-15-9-16(28-12-15)2-1-5-25-6-7-26(19(27)11-25)10-14-3-4-17-18(8-14)23-13-24-20(17)22/h1-4,8-9,12-13H,5-7,10-11H2,(H2,22,23,24). The molecule has 0 aliphatic carbocycles. The molecule has 0 unspecified atom stereocenters. The van der Waals surface area contributed by atoms with Crippen LogP contribution in [0.25, 0.3) is 17.0 Å². The number of rotatable bonds is 5. The highest BCUT2D eigenvalue weighted by Crippen LogP contribution is 2.21. The fourth-order valence-corrected chi connectivity index (χ4v) is 4.62. The third-order valence-corrected chi connectivity index (χ3v) is 6.40. The summed E-state index contributed by atoms with van der Waals surface area (Å²) in [5.41, 5.74) is 7.74. The molecular formula is C20H20BrN5OS. The van der Waals surface area contributed by atoms with Gasteiger partial charge in [-0.05, 0) is 45.8 Å². The lowest BCUT2D eigenvalue weighted by atomic mass is 10.1. The van der Waals surface area contributed by atoms with Gasteiger partial charge in [0.05, 0.1) is 12.1 Å². The molecule has 3 heterocycles. The van der Waals surface area contributed by atoms with E-state index in [2.05, 4.69) is 54.4 Å². The zero-order valence-corrected chi connectivity index (χ0v) is 17.6. The van der Waals surface area contributed by atoms with Gasteiger partial charge in [-0.2, -0.15) is 0 Å². The fourth-order valence-electron chi connectivity index (χ4n) is 3.26. The number of anilines is 1. The Morgan fingerprint density at radius 3 is 2.93 bits per heavy atom. The van der Waals surface area contributed by atoms with Crippen molar-refractivity contribution in [1.82, 2.24) is 19.8 Å². The zero-order valence-electron chi connectivity index (χ0n) is 15.2. The molecule has 6 nitrogen and oxygen atoms in total. The van der Waals surface area contributed by atoms with Gasteiger partial charge in [0.25, 0.3) is 0 Å². The van der Waals surface area contributed by atoms with Crippen molar-refractivity contribution >= 4 is 56.0 Å². The molecule has 1 aromatic carbocycles. The van der Waals surface area contributed by atoms with Gasteiger partial charge in [0.15, 0.2) is 0 Å². The second-order valence-corrected chi connectivity index (χ2v) is 8.59. The predicted octanol–water partition coefficient (Wildman–Crippen LogP) is 3.39. The molecule has 1 saturated heterocycles. The molecule has 28 heavy (non-hydrogen) atoms. The van der Waals surface area contributed by atoms with Crippen LogP contribution < -0.4 is 5.73 Å². The molecule has 3 aromatic rings. The summed E-state index contributed by atoms with van der Waals surface area (Å²) in [6.07, 6.45) is 5.69. The summed E-state index contributed by atoms with van der Waals surface area (Å²) in [5.74, 6) is 0.630. The van der Waals surface area contributed by atoms with Crippen LogP contribution >= 0.6 is 27.3 Å². The minimum atomic E-state index is 0.154. The molecule has 2 aromatic heterocycles. The van der Waals surface area contributed by atoms with Gasteiger partial charge in [-0.1, -0.05) is 12.1 Å². The van der Waals surface area contributed by atoms with Crippen LogP contribution in [0.3, 0.4) is 0 Å². The molecule has 8 heteroatoms. The van der Waals surface area contributed by atoms with E-state index >= 15 is 0 Å². The Morgan fingerprint density at radius 1 is 1.25 bits per heavy atom. The summed E-state index contributed by atoms with van der Waals surface area (Å²) in [6, 6.07) is 7.99. The van der Waals surface area contributed by atoms with Crippen LogP contribution in [0.5, 0.6) is 0 Å². The number of thiophene rings is 1. The minimum Gasteiger partial charge on any atom is -0.383 e. The number of aromatic nitrogens is 2. The van der Waals surface area contributed by atoms with Gasteiger partial charge in [-0.3, -0.25) is 9.69 Å². The average molecular weight is 458 g/mol. The quantitative estimate of drug-likeness (QED) is 0.635. The van der Waals surface area contributed by atoms with E-state index in [1.165, 1.54) is 11.2 Å². The SMILES string of the molecule is Nc1ncnc2cc(CN3CCN(CC=Cc4cc(Br)cs4)CC3=O)ccc12. The summed E-state index contributed by atoms with van der Waals surface area (Å²) in [6.45, 7) is 3.40. The second kappa shape index (κ2) is 8.38. The van der Waals surface area contributed by atoms with E-state index in [9.17, 15) is 4.79 Å². The first-order valence-corrected chi connectivity index (χ1v) is 10.7. The van der Waals surface area contributed by atoms with Crippen LogP contribution in [0.4, 0.5) is 5.82 Å². The molecule has 4 rings (SSSR count). The summed E-state index contributed by atoms with van der Waals surface area (Å²) in [4.78, 5) is 26.1. The molecule has 1 amide bonds. The highest BCUT2D eigenvalue weighted by molar-refractivity contribution is 9.10. The Labute approximate surface area is 175 Å². The van der Waals surface area contributed by atoms with E-state index in [1.807, 2.05) is 23.1 Å². The number of piperazine rings is 1. The normalized spacial score (nSPS) is 15.8. The third-order valence-electron chi connectivity index (χ3n) is 4.74. The number of carbonyl (C=O) groups excluding carboxylic acids is 1. The highest BCUT2D eigenvalue weighted by atomic mass is 79.9. The molecule has 0 spiro atoms. The van der Waals surface area contributed by atoms with Crippen LogP contribution in [-0.4, -0.2) is 51.9 Å². The van der Waals surface area contributed by atoms with E-state index in [-0.39, 0.29) is 5.91 Å². The lowest BCUT2D eigenvalue weighted by molar-refractivity contribution is -0.136. The predicted molar refractivity (Wildman–Crippen MR) is 117 cm³/mol. The molecule has 0 saturated carbocycles. The summed E-state index contributed by atoms with van der Waals surface area (Å²) in [5, 5.41) is 2.90. The van der Waals surface area contributed by atoms with Gasteiger partial charge < -0.3 is 10.6 Å². The monoisotopic (exact) mass is 457 g/mol. The Bertz CT molecular complexity index is 1030. The number of nitrogen functional groups attached to an aromatic ring is 1. The first kappa shape index (κ1) is 19.0. The molecule has 1 aliphatic heterocycles. The van der Waals surface area contributed by atoms with Crippen molar-refractivity contribution in [3.05, 3.63) is 57.0 Å². The first-order chi connectivity index (χ1) is 13.6. The van der Waals surface area contributed by atoms with Crippen LogP contribution in [0.15, 0.2) is 46.5 Å². The first-order valence-electron chi connectivity index (χ1n) is 8.98. The number of halogens is 1. The highest BCUT2D eigenvalue weighted by Gasteiger charge is 2.23. The Hall–Kier alpha value is -2.29. The number of hydrogen-bond donors (Lipinski definition) is 1. The number of benzene rings is 1. The van der Waals surface area contributed by atoms with Gasteiger partial charge in [0.1, 0.15) is 12.1 Å². The number of carbonyl (C=O) groups is 1.